The number of rotatable bonds is 2. The third-order valence-corrected chi connectivity index (χ3v) is 1.49. The lowest BCUT2D eigenvalue weighted by molar-refractivity contribution is 1.50. The van der Waals surface area contributed by atoms with Crippen molar-refractivity contribution in [3.8, 4) is 0 Å². The Labute approximate surface area is 81.0 Å². The van der Waals surface area contributed by atoms with Gasteiger partial charge in [-0.05, 0) is 35.5 Å². The summed E-state index contributed by atoms with van der Waals surface area (Å²) >= 11 is 0. The molecule has 0 saturated heterocycles. The molecule has 0 heteroatoms. The lowest BCUT2D eigenvalue weighted by atomic mass is 10.1. The highest BCUT2D eigenvalue weighted by Crippen LogP contribution is 2.13. The van der Waals surface area contributed by atoms with Gasteiger partial charge in [-0.25, -0.2) is 0 Å². The molecule has 1 aliphatic carbocycles. The average Bonchev–Trinajstić information content (AvgIpc) is 2.44. The molecule has 1 aliphatic rings. The van der Waals surface area contributed by atoms with Crippen molar-refractivity contribution in [3.05, 3.63) is 66.5 Å². The maximum Gasteiger partial charge on any atom is -0.0184 e. The van der Waals surface area contributed by atoms with Crippen LogP contribution in [0.5, 0.6) is 0 Å². The van der Waals surface area contributed by atoms with Gasteiger partial charge in [-0.15, -0.1) is 5.73 Å². The molecule has 0 nitrogen and oxygen atoms in total. The number of allylic oxidation sites excluding steroid dienone is 7. The summed E-state index contributed by atoms with van der Waals surface area (Å²) in [5.41, 5.74) is 5.15. The van der Waals surface area contributed by atoms with E-state index in [1.165, 1.54) is 0 Å². The van der Waals surface area contributed by atoms with Gasteiger partial charge in [-0.3, -0.25) is 0 Å². The van der Waals surface area contributed by atoms with Crippen molar-refractivity contribution >= 4 is 0 Å². The largest absolute Gasteiger partial charge is 0.121 e. The lowest BCUT2D eigenvalue weighted by Gasteiger charge is -1.98. The zero-order chi connectivity index (χ0) is 10.1. The number of hydrogen-bond donors (Lipinski definition) is 0. The highest BCUT2D eigenvalue weighted by Gasteiger charge is 1.94. The summed E-state index contributed by atoms with van der Waals surface area (Å²) in [6.45, 7) is 11.4. The maximum atomic E-state index is 3.71. The van der Waals surface area contributed by atoms with Crippen LogP contribution >= 0.6 is 0 Å². The SMILES string of the molecule is C=CC1=CC=C=CC=C1C=C.CC. The first-order valence-electron chi connectivity index (χ1n) is 4.47. The van der Waals surface area contributed by atoms with E-state index in [9.17, 15) is 0 Å². The molecular formula is C13H16. The van der Waals surface area contributed by atoms with E-state index in [0.717, 1.165) is 11.1 Å². The molecule has 0 unspecified atom stereocenters. The Balaban J connectivity index is 0.000000671. The minimum atomic E-state index is 1.08. The van der Waals surface area contributed by atoms with E-state index in [1.807, 2.05) is 50.3 Å². The second kappa shape index (κ2) is 7.15. The van der Waals surface area contributed by atoms with E-state index >= 15 is 0 Å². The Morgan fingerprint density at radius 2 is 1.38 bits per heavy atom. The first-order chi connectivity index (χ1) is 6.38. The van der Waals surface area contributed by atoms with E-state index < -0.39 is 0 Å². The van der Waals surface area contributed by atoms with Gasteiger partial charge in [0.05, 0.1) is 0 Å². The Kier molecular flexibility index (Phi) is 6.31. The van der Waals surface area contributed by atoms with E-state index in [4.69, 9.17) is 0 Å². The Morgan fingerprint density at radius 3 is 1.69 bits per heavy atom. The monoisotopic (exact) mass is 172 g/mol. The zero-order valence-corrected chi connectivity index (χ0v) is 8.38. The van der Waals surface area contributed by atoms with Gasteiger partial charge in [-0.1, -0.05) is 39.2 Å². The second-order valence-corrected chi connectivity index (χ2v) is 2.15. The van der Waals surface area contributed by atoms with Crippen molar-refractivity contribution in [1.29, 1.82) is 0 Å². The van der Waals surface area contributed by atoms with Crippen LogP contribution < -0.4 is 0 Å². The second-order valence-electron chi connectivity index (χ2n) is 2.15. The van der Waals surface area contributed by atoms with Gasteiger partial charge >= 0.3 is 0 Å². The van der Waals surface area contributed by atoms with Crippen molar-refractivity contribution < 1.29 is 0 Å². The predicted octanol–water partition coefficient (Wildman–Crippen LogP) is 3.96. The standard InChI is InChI=1S/C11H10.C2H6/c1-3-10-8-6-5-7-9-11(10)4-2;1-2/h3-4,6-9H,1-2H2;1-2H3. The molecule has 0 spiro atoms. The molecule has 0 aromatic carbocycles. The molecule has 0 saturated carbocycles. The zero-order valence-electron chi connectivity index (χ0n) is 8.38. The third-order valence-electron chi connectivity index (χ3n) is 1.49. The molecule has 0 aromatic rings. The van der Waals surface area contributed by atoms with Gasteiger partial charge in [0.1, 0.15) is 0 Å². The van der Waals surface area contributed by atoms with Crippen LogP contribution in [0.25, 0.3) is 0 Å². The molecule has 0 heterocycles. The first-order valence-corrected chi connectivity index (χ1v) is 4.47. The van der Waals surface area contributed by atoms with Crippen molar-refractivity contribution in [3.63, 3.8) is 0 Å². The van der Waals surface area contributed by atoms with Crippen molar-refractivity contribution in [2.24, 2.45) is 0 Å². The molecule has 13 heavy (non-hydrogen) atoms. The molecule has 0 aromatic heterocycles. The van der Waals surface area contributed by atoms with Crippen molar-refractivity contribution in [2.45, 2.75) is 13.8 Å². The quantitative estimate of drug-likeness (QED) is 0.553. The van der Waals surface area contributed by atoms with Gasteiger partial charge < -0.3 is 0 Å². The molecule has 0 bridgehead atoms. The van der Waals surface area contributed by atoms with Crippen molar-refractivity contribution in [1.82, 2.24) is 0 Å². The summed E-state index contributed by atoms with van der Waals surface area (Å²) in [6.07, 6.45) is 11.3. The molecule has 0 atom stereocenters. The predicted molar refractivity (Wildman–Crippen MR) is 60.6 cm³/mol. The van der Waals surface area contributed by atoms with Crippen LogP contribution in [0.3, 0.4) is 0 Å². The molecule has 1 rings (SSSR count). The van der Waals surface area contributed by atoms with Crippen molar-refractivity contribution in [2.75, 3.05) is 0 Å². The maximum absolute atomic E-state index is 3.71. The average molecular weight is 172 g/mol. The molecule has 0 N–H and O–H groups in total. The van der Waals surface area contributed by atoms with Gasteiger partial charge in [0.15, 0.2) is 0 Å². The molecule has 0 amide bonds. The highest BCUT2D eigenvalue weighted by molar-refractivity contribution is 5.49. The van der Waals surface area contributed by atoms with Crippen LogP contribution in [0.15, 0.2) is 66.5 Å². The van der Waals surface area contributed by atoms with Crippen LogP contribution in [-0.4, -0.2) is 0 Å². The lowest BCUT2D eigenvalue weighted by Crippen LogP contribution is -1.79. The van der Waals surface area contributed by atoms with Crippen LogP contribution in [0.2, 0.25) is 0 Å². The van der Waals surface area contributed by atoms with Crippen LogP contribution in [0, 0.1) is 0 Å². The van der Waals surface area contributed by atoms with Gasteiger partial charge in [0.25, 0.3) is 0 Å². The molecule has 68 valence electrons. The van der Waals surface area contributed by atoms with Gasteiger partial charge in [0.2, 0.25) is 0 Å². The summed E-state index contributed by atoms with van der Waals surface area (Å²) in [6, 6.07) is 0. The fourth-order valence-electron chi connectivity index (χ4n) is 0.896. The summed E-state index contributed by atoms with van der Waals surface area (Å²) < 4.78 is 0. The van der Waals surface area contributed by atoms with E-state index in [0.29, 0.717) is 0 Å². The smallest absolute Gasteiger partial charge is 0.0184 e. The molecule has 0 radical (unpaired) electrons. The van der Waals surface area contributed by atoms with Crippen LogP contribution in [0.1, 0.15) is 13.8 Å². The highest BCUT2D eigenvalue weighted by atomic mass is 14.0. The van der Waals surface area contributed by atoms with Gasteiger partial charge in [0, 0.05) is 0 Å². The van der Waals surface area contributed by atoms with E-state index in [1.54, 1.807) is 0 Å². The molecular weight excluding hydrogens is 156 g/mol. The van der Waals surface area contributed by atoms with E-state index in [-0.39, 0.29) is 0 Å². The van der Waals surface area contributed by atoms with E-state index in [2.05, 4.69) is 18.9 Å². The fourth-order valence-corrected chi connectivity index (χ4v) is 0.896. The third kappa shape index (κ3) is 3.59. The Morgan fingerprint density at radius 1 is 1.00 bits per heavy atom. The van der Waals surface area contributed by atoms with Gasteiger partial charge in [-0.2, -0.15) is 0 Å². The summed E-state index contributed by atoms with van der Waals surface area (Å²) in [5, 5.41) is 0. The summed E-state index contributed by atoms with van der Waals surface area (Å²) in [5.74, 6) is 0. The number of hydrogen-bond acceptors (Lipinski definition) is 0. The Hall–Kier alpha value is -1.52. The minimum Gasteiger partial charge on any atom is -0.121 e. The fraction of sp³-hybridized carbons (Fsp3) is 0.154. The Bertz CT molecular complexity index is 264. The molecule has 0 aliphatic heterocycles. The van der Waals surface area contributed by atoms with Crippen LogP contribution in [0.4, 0.5) is 0 Å². The first kappa shape index (κ1) is 11.5. The summed E-state index contributed by atoms with van der Waals surface area (Å²) in [7, 11) is 0. The normalized spacial score (nSPS) is 13.1. The molecule has 0 fully saturated rings. The summed E-state index contributed by atoms with van der Waals surface area (Å²) in [4.78, 5) is 0. The van der Waals surface area contributed by atoms with Crippen LogP contribution in [-0.2, 0) is 0 Å². The minimum absolute atomic E-state index is 1.08. The topological polar surface area (TPSA) is 0 Å².